The number of carboxylic acids is 1. The first-order valence-corrected chi connectivity index (χ1v) is 8.19. The molecule has 19 heavy (non-hydrogen) atoms. The van der Waals surface area contributed by atoms with Crippen LogP contribution in [0.3, 0.4) is 0 Å². The Hall–Kier alpha value is -1.11. The minimum absolute atomic E-state index is 0.0329. The molecule has 0 aromatic carbocycles. The zero-order valence-electron chi connectivity index (χ0n) is 11.3. The van der Waals surface area contributed by atoms with Gasteiger partial charge in [0.15, 0.2) is 9.84 Å². The molecule has 0 heterocycles. The highest BCUT2D eigenvalue weighted by Crippen LogP contribution is 2.34. The SMILES string of the molecule is CC(C)CS(=O)(=O)CC(=O)NC1(CC(=O)O)CCC1. The summed E-state index contributed by atoms with van der Waals surface area (Å²) in [5, 5.41) is 11.4. The van der Waals surface area contributed by atoms with Crippen molar-refractivity contribution in [1.82, 2.24) is 5.32 Å². The highest BCUT2D eigenvalue weighted by molar-refractivity contribution is 7.92. The van der Waals surface area contributed by atoms with Gasteiger partial charge in [0.05, 0.1) is 17.7 Å². The molecule has 2 N–H and O–H groups in total. The molecular formula is C12H21NO5S. The van der Waals surface area contributed by atoms with Gasteiger partial charge >= 0.3 is 5.97 Å². The summed E-state index contributed by atoms with van der Waals surface area (Å²) in [6.07, 6.45) is 1.89. The van der Waals surface area contributed by atoms with Crippen LogP contribution in [0, 0.1) is 5.92 Å². The van der Waals surface area contributed by atoms with Crippen LogP contribution < -0.4 is 5.32 Å². The highest BCUT2D eigenvalue weighted by atomic mass is 32.2. The average molecular weight is 291 g/mol. The van der Waals surface area contributed by atoms with Gasteiger partial charge < -0.3 is 10.4 Å². The highest BCUT2D eigenvalue weighted by Gasteiger charge is 2.40. The van der Waals surface area contributed by atoms with E-state index in [1.165, 1.54) is 0 Å². The fourth-order valence-corrected chi connectivity index (χ4v) is 3.94. The number of carboxylic acid groups (broad SMARTS) is 1. The van der Waals surface area contributed by atoms with Gasteiger partial charge in [0, 0.05) is 0 Å². The van der Waals surface area contributed by atoms with Crippen LogP contribution in [0.4, 0.5) is 0 Å². The lowest BCUT2D eigenvalue weighted by Crippen LogP contribution is -2.56. The zero-order valence-corrected chi connectivity index (χ0v) is 12.1. The van der Waals surface area contributed by atoms with Crippen LogP contribution in [0.15, 0.2) is 0 Å². The summed E-state index contributed by atoms with van der Waals surface area (Å²) in [6.45, 7) is 3.54. The Morgan fingerprint density at radius 3 is 2.26 bits per heavy atom. The molecule has 1 rings (SSSR count). The predicted molar refractivity (Wildman–Crippen MR) is 70.5 cm³/mol. The van der Waals surface area contributed by atoms with E-state index in [1.807, 2.05) is 0 Å². The summed E-state index contributed by atoms with van der Waals surface area (Å²) in [7, 11) is -3.42. The van der Waals surface area contributed by atoms with Crippen LogP contribution >= 0.6 is 0 Å². The number of rotatable bonds is 7. The van der Waals surface area contributed by atoms with E-state index in [2.05, 4.69) is 5.32 Å². The molecule has 0 aliphatic heterocycles. The predicted octanol–water partition coefficient (Wildman–Crippen LogP) is 0.571. The van der Waals surface area contributed by atoms with Crippen molar-refractivity contribution in [1.29, 1.82) is 0 Å². The standard InChI is InChI=1S/C12H21NO5S/c1-9(2)7-19(17,18)8-10(14)13-12(4-3-5-12)6-11(15)16/h9H,3-8H2,1-2H3,(H,13,14)(H,15,16). The van der Waals surface area contributed by atoms with Crippen LogP contribution in [0.5, 0.6) is 0 Å². The summed E-state index contributed by atoms with van der Waals surface area (Å²) in [4.78, 5) is 22.5. The van der Waals surface area contributed by atoms with Crippen LogP contribution in [-0.4, -0.2) is 42.4 Å². The van der Waals surface area contributed by atoms with E-state index in [1.54, 1.807) is 13.8 Å². The summed E-state index contributed by atoms with van der Waals surface area (Å²) in [6, 6.07) is 0. The third kappa shape index (κ3) is 5.18. The van der Waals surface area contributed by atoms with Crippen molar-refractivity contribution >= 4 is 21.7 Å². The van der Waals surface area contributed by atoms with Crippen molar-refractivity contribution in [2.75, 3.05) is 11.5 Å². The summed E-state index contributed by atoms with van der Waals surface area (Å²) < 4.78 is 23.4. The second-order valence-corrected chi connectivity index (χ2v) is 7.81. The average Bonchev–Trinajstić information content (AvgIpc) is 2.09. The van der Waals surface area contributed by atoms with Crippen LogP contribution in [0.1, 0.15) is 39.5 Å². The number of carbonyl (C=O) groups excluding carboxylic acids is 1. The quantitative estimate of drug-likeness (QED) is 0.714. The Morgan fingerprint density at radius 1 is 1.32 bits per heavy atom. The number of sulfone groups is 1. The number of aliphatic carboxylic acids is 1. The summed E-state index contributed by atoms with van der Waals surface area (Å²) in [5.74, 6) is -2.21. The summed E-state index contributed by atoms with van der Waals surface area (Å²) in [5.41, 5.74) is -0.740. The van der Waals surface area contributed by atoms with Gasteiger partial charge in [-0.05, 0) is 25.2 Å². The number of hydrogen-bond donors (Lipinski definition) is 2. The molecule has 0 aromatic heterocycles. The smallest absolute Gasteiger partial charge is 0.305 e. The maximum atomic E-state index is 11.7. The molecule has 1 amide bonds. The summed E-state index contributed by atoms with van der Waals surface area (Å²) >= 11 is 0. The zero-order chi connectivity index (χ0) is 14.7. The Labute approximate surface area is 113 Å². The van der Waals surface area contributed by atoms with Crippen molar-refractivity contribution in [3.8, 4) is 0 Å². The van der Waals surface area contributed by atoms with Crippen LogP contribution in [-0.2, 0) is 19.4 Å². The minimum Gasteiger partial charge on any atom is -0.481 e. The van der Waals surface area contributed by atoms with Crippen molar-refractivity contribution in [3.63, 3.8) is 0 Å². The fourth-order valence-electron chi connectivity index (χ4n) is 2.34. The molecule has 110 valence electrons. The van der Waals surface area contributed by atoms with E-state index < -0.39 is 33.0 Å². The second kappa shape index (κ2) is 5.90. The second-order valence-electron chi connectivity index (χ2n) is 5.70. The first-order chi connectivity index (χ1) is 8.64. The first-order valence-electron chi connectivity index (χ1n) is 6.37. The third-order valence-electron chi connectivity index (χ3n) is 3.14. The van der Waals surface area contributed by atoms with Gasteiger partial charge in [-0.2, -0.15) is 0 Å². The van der Waals surface area contributed by atoms with Crippen molar-refractivity contribution in [2.45, 2.75) is 45.1 Å². The Morgan fingerprint density at radius 2 is 1.89 bits per heavy atom. The molecule has 0 bridgehead atoms. The molecule has 1 saturated carbocycles. The first kappa shape index (κ1) is 15.9. The van der Waals surface area contributed by atoms with Gasteiger partial charge in [-0.3, -0.25) is 9.59 Å². The van der Waals surface area contributed by atoms with Gasteiger partial charge in [-0.25, -0.2) is 8.42 Å². The van der Waals surface area contributed by atoms with Crippen molar-refractivity contribution in [3.05, 3.63) is 0 Å². The number of carbonyl (C=O) groups is 2. The molecular weight excluding hydrogens is 270 g/mol. The maximum absolute atomic E-state index is 11.7. The maximum Gasteiger partial charge on any atom is 0.305 e. The third-order valence-corrected chi connectivity index (χ3v) is 5.02. The molecule has 0 radical (unpaired) electrons. The lowest BCUT2D eigenvalue weighted by atomic mass is 9.74. The molecule has 1 aliphatic carbocycles. The molecule has 0 saturated heterocycles. The van der Waals surface area contributed by atoms with Gasteiger partial charge in [-0.1, -0.05) is 13.8 Å². The monoisotopic (exact) mass is 291 g/mol. The van der Waals surface area contributed by atoms with Crippen LogP contribution in [0.2, 0.25) is 0 Å². The molecule has 0 spiro atoms. The molecule has 6 nitrogen and oxygen atoms in total. The fraction of sp³-hybridized carbons (Fsp3) is 0.833. The Bertz CT molecular complexity index is 451. The normalized spacial score (nSPS) is 17.8. The topological polar surface area (TPSA) is 101 Å². The molecule has 0 atom stereocenters. The molecule has 1 aliphatic rings. The largest absolute Gasteiger partial charge is 0.481 e. The lowest BCUT2D eigenvalue weighted by Gasteiger charge is -2.41. The van der Waals surface area contributed by atoms with Crippen LogP contribution in [0.25, 0.3) is 0 Å². The van der Waals surface area contributed by atoms with E-state index in [9.17, 15) is 18.0 Å². The number of amides is 1. The van der Waals surface area contributed by atoms with Gasteiger partial charge in [-0.15, -0.1) is 0 Å². The van der Waals surface area contributed by atoms with E-state index >= 15 is 0 Å². The Kier molecular flexibility index (Phi) is 4.95. The number of nitrogens with one attached hydrogen (secondary N) is 1. The van der Waals surface area contributed by atoms with E-state index in [4.69, 9.17) is 5.11 Å². The van der Waals surface area contributed by atoms with Gasteiger partial charge in [0.2, 0.25) is 5.91 Å². The molecule has 0 aromatic rings. The van der Waals surface area contributed by atoms with Gasteiger partial charge in [0.25, 0.3) is 0 Å². The van der Waals surface area contributed by atoms with Crippen molar-refractivity contribution in [2.24, 2.45) is 5.92 Å². The van der Waals surface area contributed by atoms with E-state index in [-0.39, 0.29) is 18.1 Å². The van der Waals surface area contributed by atoms with Crippen molar-refractivity contribution < 1.29 is 23.1 Å². The molecule has 1 fully saturated rings. The number of hydrogen-bond acceptors (Lipinski definition) is 4. The molecule has 0 unspecified atom stereocenters. The Balaban J connectivity index is 2.57. The lowest BCUT2D eigenvalue weighted by molar-refractivity contribution is -0.140. The van der Waals surface area contributed by atoms with E-state index in [0.29, 0.717) is 12.8 Å². The van der Waals surface area contributed by atoms with E-state index in [0.717, 1.165) is 6.42 Å². The minimum atomic E-state index is -3.42. The van der Waals surface area contributed by atoms with Gasteiger partial charge in [0.1, 0.15) is 5.75 Å². The molecule has 7 heteroatoms.